The maximum atomic E-state index is 5.91. The van der Waals surface area contributed by atoms with E-state index in [4.69, 9.17) is 14.9 Å². The first-order chi connectivity index (χ1) is 10.1. The number of aryl methyl sites for hydroxylation is 1. The molecule has 0 spiro atoms. The van der Waals surface area contributed by atoms with E-state index in [1.54, 1.807) is 0 Å². The fourth-order valence-corrected chi connectivity index (χ4v) is 2.11. The second-order valence-corrected chi connectivity index (χ2v) is 5.66. The van der Waals surface area contributed by atoms with Crippen molar-refractivity contribution in [1.29, 1.82) is 0 Å². The van der Waals surface area contributed by atoms with Gasteiger partial charge in [0.15, 0.2) is 0 Å². The van der Waals surface area contributed by atoms with Crippen LogP contribution in [0.3, 0.4) is 0 Å². The van der Waals surface area contributed by atoms with Crippen molar-refractivity contribution in [3.8, 4) is 5.88 Å². The van der Waals surface area contributed by atoms with Crippen LogP contribution in [0.15, 0.2) is 28.7 Å². The lowest BCUT2D eigenvalue weighted by Crippen LogP contribution is -2.09. The van der Waals surface area contributed by atoms with Gasteiger partial charge in [-0.05, 0) is 56.9 Å². The van der Waals surface area contributed by atoms with Crippen LogP contribution in [0.4, 0.5) is 11.5 Å². The van der Waals surface area contributed by atoms with Crippen molar-refractivity contribution in [2.75, 3.05) is 17.7 Å². The van der Waals surface area contributed by atoms with E-state index >= 15 is 0 Å². The Hall–Kier alpha value is -2.17. The van der Waals surface area contributed by atoms with Gasteiger partial charge >= 0.3 is 0 Å². The van der Waals surface area contributed by atoms with E-state index < -0.39 is 0 Å². The highest BCUT2D eigenvalue weighted by Crippen LogP contribution is 2.31. The molecule has 1 unspecified atom stereocenters. The number of aromatic nitrogens is 1. The van der Waals surface area contributed by atoms with Crippen molar-refractivity contribution >= 4 is 11.5 Å². The van der Waals surface area contributed by atoms with E-state index in [0.717, 1.165) is 17.3 Å². The first-order valence-corrected chi connectivity index (χ1v) is 7.34. The molecule has 0 amide bonds. The molecule has 21 heavy (non-hydrogen) atoms. The van der Waals surface area contributed by atoms with Crippen LogP contribution >= 0.6 is 0 Å². The summed E-state index contributed by atoms with van der Waals surface area (Å²) in [6.45, 7) is 4.66. The van der Waals surface area contributed by atoms with Gasteiger partial charge in [0, 0.05) is 0 Å². The number of nitrogens with zero attached hydrogens (tertiary/aromatic N) is 1. The third kappa shape index (κ3) is 3.48. The molecule has 1 saturated carbocycles. The lowest BCUT2D eigenvalue weighted by molar-refractivity contribution is 0.290. The molecule has 2 heterocycles. The lowest BCUT2D eigenvalue weighted by atomic mass is 10.2. The number of hydrogen-bond acceptors (Lipinski definition) is 5. The van der Waals surface area contributed by atoms with Crippen molar-refractivity contribution < 1.29 is 9.15 Å². The largest absolute Gasteiger partial charge is 0.476 e. The van der Waals surface area contributed by atoms with Gasteiger partial charge in [-0.1, -0.05) is 0 Å². The summed E-state index contributed by atoms with van der Waals surface area (Å²) >= 11 is 0. The smallest absolute Gasteiger partial charge is 0.239 e. The van der Waals surface area contributed by atoms with E-state index in [-0.39, 0.29) is 6.04 Å². The first-order valence-electron chi connectivity index (χ1n) is 7.34. The molecular weight excluding hydrogens is 266 g/mol. The molecule has 0 aliphatic heterocycles. The number of nitrogens with one attached hydrogen (secondary N) is 1. The SMILES string of the molecule is Cc1ccc(C(C)Nc2ccc(N)c(OCC3CC3)n2)o1. The minimum Gasteiger partial charge on any atom is -0.476 e. The Morgan fingerprint density at radius 3 is 2.86 bits per heavy atom. The van der Waals surface area contributed by atoms with Crippen molar-refractivity contribution in [3.63, 3.8) is 0 Å². The zero-order chi connectivity index (χ0) is 14.8. The number of hydrogen-bond donors (Lipinski definition) is 2. The van der Waals surface area contributed by atoms with Crippen LogP contribution in [0, 0.1) is 12.8 Å². The van der Waals surface area contributed by atoms with Gasteiger partial charge in [0.2, 0.25) is 5.88 Å². The zero-order valence-corrected chi connectivity index (χ0v) is 12.4. The maximum absolute atomic E-state index is 5.91. The second-order valence-electron chi connectivity index (χ2n) is 5.66. The molecule has 2 aromatic heterocycles. The van der Waals surface area contributed by atoms with Crippen LogP contribution in [-0.4, -0.2) is 11.6 Å². The second kappa shape index (κ2) is 5.68. The number of nitrogens with two attached hydrogens (primary N) is 1. The van der Waals surface area contributed by atoms with Crippen LogP contribution < -0.4 is 15.8 Å². The highest BCUT2D eigenvalue weighted by molar-refractivity contribution is 5.54. The molecule has 0 aromatic carbocycles. The van der Waals surface area contributed by atoms with Crippen LogP contribution in [0.2, 0.25) is 0 Å². The number of pyridine rings is 1. The van der Waals surface area contributed by atoms with Crippen LogP contribution in [0.1, 0.15) is 37.3 Å². The van der Waals surface area contributed by atoms with Gasteiger partial charge in [0.05, 0.1) is 18.3 Å². The molecule has 0 radical (unpaired) electrons. The molecule has 0 saturated heterocycles. The summed E-state index contributed by atoms with van der Waals surface area (Å²) in [7, 11) is 0. The first kappa shape index (κ1) is 13.8. The number of anilines is 2. The van der Waals surface area contributed by atoms with Gasteiger partial charge in [-0.25, -0.2) is 0 Å². The topological polar surface area (TPSA) is 73.3 Å². The molecule has 1 fully saturated rings. The third-order valence-electron chi connectivity index (χ3n) is 3.59. The molecule has 0 bridgehead atoms. The molecule has 3 rings (SSSR count). The van der Waals surface area contributed by atoms with E-state index in [2.05, 4.69) is 10.3 Å². The number of nitrogen functional groups attached to an aromatic ring is 1. The predicted molar refractivity (Wildman–Crippen MR) is 82.4 cm³/mol. The number of rotatable bonds is 6. The monoisotopic (exact) mass is 287 g/mol. The summed E-state index contributed by atoms with van der Waals surface area (Å²) in [5.41, 5.74) is 6.48. The summed E-state index contributed by atoms with van der Waals surface area (Å²) < 4.78 is 11.3. The number of ether oxygens (including phenoxy) is 1. The van der Waals surface area contributed by atoms with Gasteiger partial charge in [-0.2, -0.15) is 4.98 Å². The highest BCUT2D eigenvalue weighted by Gasteiger charge is 2.22. The van der Waals surface area contributed by atoms with Crippen molar-refractivity contribution in [2.24, 2.45) is 5.92 Å². The average Bonchev–Trinajstić information content (AvgIpc) is 3.19. The quantitative estimate of drug-likeness (QED) is 0.850. The Kier molecular flexibility index (Phi) is 3.73. The van der Waals surface area contributed by atoms with Crippen LogP contribution in [0.25, 0.3) is 0 Å². The summed E-state index contributed by atoms with van der Waals surface area (Å²) in [5.74, 6) is 3.70. The lowest BCUT2D eigenvalue weighted by Gasteiger charge is -2.14. The van der Waals surface area contributed by atoms with E-state index in [9.17, 15) is 0 Å². The summed E-state index contributed by atoms with van der Waals surface area (Å²) in [6, 6.07) is 7.62. The van der Waals surface area contributed by atoms with Crippen molar-refractivity contribution in [3.05, 3.63) is 35.8 Å². The van der Waals surface area contributed by atoms with Gasteiger partial charge in [-0.3, -0.25) is 0 Å². The minimum absolute atomic E-state index is 0.0334. The third-order valence-corrected chi connectivity index (χ3v) is 3.59. The molecule has 3 N–H and O–H groups in total. The van der Waals surface area contributed by atoms with E-state index in [1.165, 1.54) is 12.8 Å². The van der Waals surface area contributed by atoms with Crippen LogP contribution in [0.5, 0.6) is 5.88 Å². The normalized spacial score (nSPS) is 15.7. The highest BCUT2D eigenvalue weighted by atomic mass is 16.5. The fourth-order valence-electron chi connectivity index (χ4n) is 2.11. The molecular formula is C16H21N3O2. The Morgan fingerprint density at radius 2 is 2.19 bits per heavy atom. The van der Waals surface area contributed by atoms with E-state index in [0.29, 0.717) is 24.1 Å². The van der Waals surface area contributed by atoms with Gasteiger partial charge in [0.1, 0.15) is 17.3 Å². The van der Waals surface area contributed by atoms with Crippen molar-refractivity contribution in [1.82, 2.24) is 4.98 Å². The van der Waals surface area contributed by atoms with Gasteiger partial charge < -0.3 is 20.2 Å². The van der Waals surface area contributed by atoms with Crippen LogP contribution in [-0.2, 0) is 0 Å². The fraction of sp³-hybridized carbons (Fsp3) is 0.438. The Morgan fingerprint density at radius 1 is 1.38 bits per heavy atom. The maximum Gasteiger partial charge on any atom is 0.239 e. The Bertz CT molecular complexity index is 620. The molecule has 1 aliphatic rings. The molecule has 2 aromatic rings. The van der Waals surface area contributed by atoms with E-state index in [1.807, 2.05) is 38.1 Å². The molecule has 112 valence electrons. The standard InChI is InChI=1S/C16H21N3O2/c1-10-3-7-14(21-10)11(2)18-15-8-6-13(17)16(19-15)20-9-12-4-5-12/h3,6-8,11-12H,4-5,9,17H2,1-2H3,(H,18,19). The van der Waals surface area contributed by atoms with Gasteiger partial charge in [-0.15, -0.1) is 0 Å². The van der Waals surface area contributed by atoms with Gasteiger partial charge in [0.25, 0.3) is 0 Å². The Balaban J connectivity index is 1.67. The zero-order valence-electron chi connectivity index (χ0n) is 12.4. The average molecular weight is 287 g/mol. The Labute approximate surface area is 124 Å². The molecule has 1 atom stereocenters. The van der Waals surface area contributed by atoms with Crippen molar-refractivity contribution in [2.45, 2.75) is 32.7 Å². The summed E-state index contributed by atoms with van der Waals surface area (Å²) in [5, 5.41) is 3.30. The predicted octanol–water partition coefficient (Wildman–Crippen LogP) is 3.53. The minimum atomic E-state index is 0.0334. The molecule has 1 aliphatic carbocycles. The summed E-state index contributed by atoms with van der Waals surface area (Å²) in [6.07, 6.45) is 2.49. The number of furan rings is 1. The molecule has 5 nitrogen and oxygen atoms in total. The summed E-state index contributed by atoms with van der Waals surface area (Å²) in [4.78, 5) is 4.44. The molecule has 5 heteroatoms.